The summed E-state index contributed by atoms with van der Waals surface area (Å²) in [7, 11) is 0. The van der Waals surface area contributed by atoms with Gasteiger partial charge in [-0.1, -0.05) is 0 Å². The quantitative estimate of drug-likeness (QED) is 0.319. The molecule has 2 saturated carbocycles. The fourth-order valence-electron chi connectivity index (χ4n) is 5.33. The molecular formula is C20H34O9. The Bertz CT molecular complexity index is 595. The largest absolute Gasteiger partial charge is 0.396 e. The molecule has 9 nitrogen and oxygen atoms in total. The van der Waals surface area contributed by atoms with E-state index in [1.165, 1.54) is 0 Å². The van der Waals surface area contributed by atoms with Crippen LogP contribution in [-0.4, -0.2) is 92.0 Å². The third kappa shape index (κ3) is 3.99. The van der Waals surface area contributed by atoms with Crippen molar-refractivity contribution in [3.63, 3.8) is 0 Å². The number of Topliss-reactive ketones (excluding diaryl/α,β-unsaturated/α-hetero) is 1. The summed E-state index contributed by atoms with van der Waals surface area (Å²) in [4.78, 5) is 12.6. The molecule has 29 heavy (non-hydrogen) atoms. The topological polar surface area (TPSA) is 157 Å². The van der Waals surface area contributed by atoms with E-state index >= 15 is 0 Å². The summed E-state index contributed by atoms with van der Waals surface area (Å²) in [5, 5.41) is 60.0. The van der Waals surface area contributed by atoms with Crippen LogP contribution in [0.4, 0.5) is 0 Å². The molecule has 9 atom stereocenters. The molecule has 2 aliphatic carbocycles. The fourth-order valence-corrected chi connectivity index (χ4v) is 5.33. The summed E-state index contributed by atoms with van der Waals surface area (Å²) >= 11 is 0. The van der Waals surface area contributed by atoms with Gasteiger partial charge in [0.1, 0.15) is 30.2 Å². The van der Waals surface area contributed by atoms with Crippen LogP contribution in [0.2, 0.25) is 0 Å². The van der Waals surface area contributed by atoms with Gasteiger partial charge in [-0.05, 0) is 45.4 Å². The average Bonchev–Trinajstić information content (AvgIpc) is 2.70. The maximum absolute atomic E-state index is 12.6. The highest BCUT2D eigenvalue weighted by atomic mass is 16.7. The summed E-state index contributed by atoms with van der Waals surface area (Å²) < 4.78 is 11.5. The van der Waals surface area contributed by atoms with Crippen LogP contribution in [0, 0.1) is 17.3 Å². The van der Waals surface area contributed by atoms with Gasteiger partial charge >= 0.3 is 0 Å². The molecule has 0 bridgehead atoms. The van der Waals surface area contributed by atoms with Gasteiger partial charge in [0.25, 0.3) is 0 Å². The van der Waals surface area contributed by atoms with Gasteiger partial charge in [0.2, 0.25) is 0 Å². The zero-order valence-corrected chi connectivity index (χ0v) is 17.0. The zero-order valence-electron chi connectivity index (χ0n) is 17.0. The van der Waals surface area contributed by atoms with Crippen molar-refractivity contribution in [3.8, 4) is 0 Å². The Morgan fingerprint density at radius 2 is 1.79 bits per heavy atom. The molecule has 1 aliphatic heterocycles. The molecular weight excluding hydrogens is 384 g/mol. The second kappa shape index (κ2) is 8.47. The summed E-state index contributed by atoms with van der Waals surface area (Å²) in [6.07, 6.45) is -5.34. The second-order valence-corrected chi connectivity index (χ2v) is 9.35. The van der Waals surface area contributed by atoms with Gasteiger partial charge in [-0.25, -0.2) is 0 Å². The van der Waals surface area contributed by atoms with E-state index in [1.807, 2.05) is 0 Å². The van der Waals surface area contributed by atoms with Crippen molar-refractivity contribution in [2.45, 2.75) is 88.4 Å². The van der Waals surface area contributed by atoms with Gasteiger partial charge in [0, 0.05) is 17.8 Å². The van der Waals surface area contributed by atoms with Crippen molar-refractivity contribution in [3.05, 3.63) is 0 Å². The summed E-state index contributed by atoms with van der Waals surface area (Å²) in [5.74, 6) is -0.542. The highest BCUT2D eigenvalue weighted by Crippen LogP contribution is 2.53. The van der Waals surface area contributed by atoms with Crippen molar-refractivity contribution < 1.29 is 44.9 Å². The van der Waals surface area contributed by atoms with Crippen LogP contribution in [0.3, 0.4) is 0 Å². The molecule has 0 radical (unpaired) electrons. The number of aliphatic hydroxyl groups is 6. The van der Waals surface area contributed by atoms with Crippen LogP contribution in [-0.2, 0) is 14.3 Å². The van der Waals surface area contributed by atoms with E-state index in [-0.39, 0.29) is 24.7 Å². The van der Waals surface area contributed by atoms with Gasteiger partial charge in [-0.2, -0.15) is 0 Å². The smallest absolute Gasteiger partial charge is 0.187 e. The minimum absolute atomic E-state index is 0.0395. The van der Waals surface area contributed by atoms with E-state index < -0.39 is 60.4 Å². The Hall–Kier alpha value is -0.650. The minimum atomic E-state index is -1.52. The van der Waals surface area contributed by atoms with Crippen LogP contribution >= 0.6 is 0 Å². The Labute approximate surface area is 170 Å². The zero-order chi connectivity index (χ0) is 21.6. The number of hydrogen-bond acceptors (Lipinski definition) is 9. The molecule has 9 heteroatoms. The lowest BCUT2D eigenvalue weighted by Crippen LogP contribution is -2.61. The molecule has 0 aromatic rings. The van der Waals surface area contributed by atoms with Crippen molar-refractivity contribution in [1.82, 2.24) is 0 Å². The molecule has 0 aromatic heterocycles. The lowest BCUT2D eigenvalue weighted by atomic mass is 9.54. The highest BCUT2D eigenvalue weighted by molar-refractivity contribution is 5.83. The van der Waals surface area contributed by atoms with Crippen LogP contribution in [0.25, 0.3) is 0 Å². The predicted octanol–water partition coefficient (Wildman–Crippen LogP) is -1.30. The minimum Gasteiger partial charge on any atom is -0.396 e. The Kier molecular flexibility index (Phi) is 6.72. The van der Waals surface area contributed by atoms with Crippen molar-refractivity contribution in [1.29, 1.82) is 0 Å². The lowest BCUT2D eigenvalue weighted by molar-refractivity contribution is -0.330. The van der Waals surface area contributed by atoms with Gasteiger partial charge in [0.15, 0.2) is 6.29 Å². The number of carbonyl (C=O) groups excluding carboxylic acids is 1. The predicted molar refractivity (Wildman–Crippen MR) is 99.5 cm³/mol. The van der Waals surface area contributed by atoms with E-state index in [2.05, 4.69) is 0 Å². The summed E-state index contributed by atoms with van der Waals surface area (Å²) in [6.45, 7) is 2.82. The first-order chi connectivity index (χ1) is 13.6. The third-order valence-corrected chi connectivity index (χ3v) is 7.43. The number of ketones is 1. The Morgan fingerprint density at radius 1 is 1.10 bits per heavy atom. The van der Waals surface area contributed by atoms with Gasteiger partial charge in [-0.3, -0.25) is 4.79 Å². The first kappa shape index (κ1) is 23.0. The highest BCUT2D eigenvalue weighted by Gasteiger charge is 2.56. The Morgan fingerprint density at radius 3 is 2.41 bits per heavy atom. The molecule has 0 unspecified atom stereocenters. The first-order valence-electron chi connectivity index (χ1n) is 10.4. The molecule has 3 rings (SSSR count). The number of rotatable bonds is 5. The van der Waals surface area contributed by atoms with Crippen molar-refractivity contribution in [2.75, 3.05) is 13.2 Å². The third-order valence-electron chi connectivity index (χ3n) is 7.43. The lowest BCUT2D eigenvalue weighted by Gasteiger charge is -2.53. The number of carbonyl (C=O) groups is 1. The van der Waals surface area contributed by atoms with E-state index in [1.54, 1.807) is 13.8 Å². The normalized spacial score (nSPS) is 46.4. The van der Waals surface area contributed by atoms with Gasteiger partial charge in [0.05, 0.1) is 24.9 Å². The van der Waals surface area contributed by atoms with Crippen LogP contribution in [0.1, 0.15) is 46.0 Å². The molecule has 3 aliphatic rings. The molecule has 168 valence electrons. The molecule has 1 saturated heterocycles. The van der Waals surface area contributed by atoms with Gasteiger partial charge < -0.3 is 40.1 Å². The van der Waals surface area contributed by atoms with Crippen molar-refractivity contribution >= 4 is 5.78 Å². The van der Waals surface area contributed by atoms with Crippen LogP contribution in [0.5, 0.6) is 0 Å². The number of hydrogen-bond donors (Lipinski definition) is 6. The number of aliphatic hydroxyl groups excluding tert-OH is 6. The molecule has 3 fully saturated rings. The van der Waals surface area contributed by atoms with E-state index in [0.717, 1.165) is 0 Å². The molecule has 0 amide bonds. The first-order valence-corrected chi connectivity index (χ1v) is 10.4. The average molecular weight is 418 g/mol. The molecule has 0 spiro atoms. The van der Waals surface area contributed by atoms with E-state index in [9.17, 15) is 35.4 Å². The maximum atomic E-state index is 12.6. The van der Waals surface area contributed by atoms with E-state index in [4.69, 9.17) is 9.47 Å². The van der Waals surface area contributed by atoms with E-state index in [0.29, 0.717) is 25.7 Å². The Balaban J connectivity index is 1.74. The number of fused-ring (bicyclic) bond motifs is 1. The SMILES string of the molecule is CC(C)(O[C@@H]1O[C@H](CO)[C@@H](O)[C@H](O)[C@H]1O)[C@@H]1CC[C@@]2(CO)[C@H](O)CCC(=O)[C@@H]2C1. The van der Waals surface area contributed by atoms with Gasteiger partial charge in [-0.15, -0.1) is 0 Å². The molecule has 0 aromatic carbocycles. The molecule has 6 N–H and O–H groups in total. The monoisotopic (exact) mass is 418 g/mol. The van der Waals surface area contributed by atoms with Crippen LogP contribution < -0.4 is 0 Å². The standard InChI is InChI=1S/C20H34O9/c1-19(2,29-18-17(27)16(26)15(25)13(8-21)28-18)10-5-6-20(9-22)11(7-10)12(23)3-4-14(20)24/h10-11,13-18,21-22,24-27H,3-9H2,1-2H3/t10-,11+,13-,14-,15-,16+,17-,18+,20+/m1/s1. The second-order valence-electron chi connectivity index (χ2n) is 9.35. The summed E-state index contributed by atoms with van der Waals surface area (Å²) in [5.41, 5.74) is -1.68. The van der Waals surface area contributed by atoms with Crippen molar-refractivity contribution in [2.24, 2.45) is 17.3 Å². The maximum Gasteiger partial charge on any atom is 0.187 e. The fraction of sp³-hybridized carbons (Fsp3) is 0.950. The van der Waals surface area contributed by atoms with Crippen LogP contribution in [0.15, 0.2) is 0 Å². The summed E-state index contributed by atoms with van der Waals surface area (Å²) in [6, 6.07) is 0. The molecule has 1 heterocycles. The number of ether oxygens (including phenoxy) is 2.